The zero-order chi connectivity index (χ0) is 28.2. The lowest BCUT2D eigenvalue weighted by atomic mass is 9.47. The zero-order valence-electron chi connectivity index (χ0n) is 23.0. The molecule has 3 aliphatic rings. The van der Waals surface area contributed by atoms with Crippen LogP contribution in [-0.2, 0) is 23.9 Å². The van der Waals surface area contributed by atoms with Gasteiger partial charge in [-0.15, -0.1) is 0 Å². The van der Waals surface area contributed by atoms with Crippen molar-refractivity contribution in [2.24, 2.45) is 22.7 Å². The molecule has 4 rings (SSSR count). The zero-order valence-corrected chi connectivity index (χ0v) is 23.0. The number of allylic oxidation sites excluding steroid dienone is 2. The highest BCUT2D eigenvalue weighted by molar-refractivity contribution is 6.26. The molecule has 1 aromatic carbocycles. The Labute approximate surface area is 223 Å². The third kappa shape index (κ3) is 4.38. The van der Waals surface area contributed by atoms with Crippen molar-refractivity contribution >= 4 is 23.5 Å². The summed E-state index contributed by atoms with van der Waals surface area (Å²) >= 11 is 0. The molecular formula is C30H36O8. The molecule has 0 heterocycles. The maximum atomic E-state index is 14.3. The number of rotatable bonds is 5. The van der Waals surface area contributed by atoms with Crippen molar-refractivity contribution in [2.75, 3.05) is 7.11 Å². The molecule has 1 saturated carbocycles. The number of fused-ring (bicyclic) bond motifs is 2. The highest BCUT2D eigenvalue weighted by Crippen LogP contribution is 2.61. The molecule has 0 aliphatic heterocycles. The lowest BCUT2D eigenvalue weighted by Gasteiger charge is -2.58. The lowest BCUT2D eigenvalue weighted by Crippen LogP contribution is -2.60. The number of aliphatic hydroxyl groups excluding tert-OH is 1. The highest BCUT2D eigenvalue weighted by Gasteiger charge is 2.62. The summed E-state index contributed by atoms with van der Waals surface area (Å²) in [5, 5.41) is 11.6. The number of ether oxygens (including phenoxy) is 3. The summed E-state index contributed by atoms with van der Waals surface area (Å²) in [6.07, 6.45) is -0.327. The predicted molar refractivity (Wildman–Crippen MR) is 138 cm³/mol. The minimum atomic E-state index is -1.29. The van der Waals surface area contributed by atoms with Gasteiger partial charge in [-0.05, 0) is 48.4 Å². The molecule has 0 aromatic heterocycles. The van der Waals surface area contributed by atoms with Crippen molar-refractivity contribution in [3.05, 3.63) is 52.3 Å². The van der Waals surface area contributed by atoms with Crippen LogP contribution < -0.4 is 4.74 Å². The largest absolute Gasteiger partial charge is 0.497 e. The second-order valence-electron chi connectivity index (χ2n) is 11.7. The topological polar surface area (TPSA) is 116 Å². The third-order valence-electron chi connectivity index (χ3n) is 8.38. The first kappa shape index (κ1) is 27.8. The molecule has 38 heavy (non-hydrogen) atoms. The molecule has 1 N–H and O–H groups in total. The van der Waals surface area contributed by atoms with Crippen molar-refractivity contribution < 1.29 is 38.5 Å². The van der Waals surface area contributed by atoms with Crippen LogP contribution in [0, 0.1) is 22.7 Å². The predicted octanol–water partition coefficient (Wildman–Crippen LogP) is 4.35. The van der Waals surface area contributed by atoms with Crippen LogP contribution in [0.1, 0.15) is 71.2 Å². The molecule has 8 nitrogen and oxygen atoms in total. The molecular weight excluding hydrogens is 488 g/mol. The van der Waals surface area contributed by atoms with E-state index in [1.165, 1.54) is 26.2 Å². The van der Waals surface area contributed by atoms with Crippen molar-refractivity contribution in [3.8, 4) is 5.75 Å². The van der Waals surface area contributed by atoms with Crippen LogP contribution in [0.5, 0.6) is 5.75 Å². The second-order valence-corrected chi connectivity index (χ2v) is 11.7. The van der Waals surface area contributed by atoms with Crippen molar-refractivity contribution in [3.63, 3.8) is 0 Å². The first-order chi connectivity index (χ1) is 17.7. The molecule has 0 bridgehead atoms. The first-order valence-corrected chi connectivity index (χ1v) is 13.0. The van der Waals surface area contributed by atoms with Crippen LogP contribution in [0.15, 0.2) is 46.7 Å². The Balaban J connectivity index is 1.88. The minimum Gasteiger partial charge on any atom is -0.497 e. The van der Waals surface area contributed by atoms with Crippen molar-refractivity contribution in [1.29, 1.82) is 0 Å². The summed E-state index contributed by atoms with van der Waals surface area (Å²) in [6.45, 7) is 10.6. The number of hydrogen-bond acceptors (Lipinski definition) is 8. The minimum absolute atomic E-state index is 0.00194. The van der Waals surface area contributed by atoms with Gasteiger partial charge in [-0.1, -0.05) is 41.0 Å². The van der Waals surface area contributed by atoms with E-state index < -0.39 is 58.4 Å². The lowest BCUT2D eigenvalue weighted by molar-refractivity contribution is -0.166. The van der Waals surface area contributed by atoms with E-state index in [9.17, 15) is 24.3 Å². The quantitative estimate of drug-likeness (QED) is 0.446. The molecule has 1 fully saturated rings. The van der Waals surface area contributed by atoms with E-state index in [2.05, 4.69) is 0 Å². The maximum Gasteiger partial charge on any atom is 0.343 e. The van der Waals surface area contributed by atoms with Gasteiger partial charge in [0.2, 0.25) is 5.78 Å². The number of hydrogen-bond donors (Lipinski definition) is 1. The van der Waals surface area contributed by atoms with Gasteiger partial charge >= 0.3 is 11.9 Å². The Morgan fingerprint density at radius 3 is 2.21 bits per heavy atom. The third-order valence-corrected chi connectivity index (χ3v) is 8.38. The molecule has 3 aliphatic carbocycles. The summed E-state index contributed by atoms with van der Waals surface area (Å²) in [6, 6.07) is 6.24. The normalized spacial score (nSPS) is 28.6. The Kier molecular flexibility index (Phi) is 7.16. The van der Waals surface area contributed by atoms with Crippen LogP contribution in [0.25, 0.3) is 0 Å². The number of ketones is 2. The van der Waals surface area contributed by atoms with Gasteiger partial charge in [0.25, 0.3) is 0 Å². The van der Waals surface area contributed by atoms with E-state index in [1.54, 1.807) is 26.0 Å². The Bertz CT molecular complexity index is 1250. The second kappa shape index (κ2) is 9.80. The summed E-state index contributed by atoms with van der Waals surface area (Å²) in [5.74, 6) is -3.25. The van der Waals surface area contributed by atoms with E-state index in [-0.39, 0.29) is 28.0 Å². The van der Waals surface area contributed by atoms with E-state index >= 15 is 0 Å². The smallest absolute Gasteiger partial charge is 0.343 e. The van der Waals surface area contributed by atoms with Gasteiger partial charge in [-0.2, -0.15) is 0 Å². The van der Waals surface area contributed by atoms with Gasteiger partial charge in [-0.25, -0.2) is 4.79 Å². The summed E-state index contributed by atoms with van der Waals surface area (Å²) in [5.41, 5.74) is -0.895. The average molecular weight is 525 g/mol. The number of carbonyl (C=O) groups is 4. The molecule has 204 valence electrons. The average Bonchev–Trinajstić information content (AvgIpc) is 2.82. The van der Waals surface area contributed by atoms with Gasteiger partial charge in [-0.3, -0.25) is 14.4 Å². The number of aliphatic hydroxyl groups is 1. The molecule has 8 heteroatoms. The van der Waals surface area contributed by atoms with E-state index in [0.29, 0.717) is 12.2 Å². The molecule has 0 unspecified atom stereocenters. The summed E-state index contributed by atoms with van der Waals surface area (Å²) < 4.78 is 16.4. The van der Waals surface area contributed by atoms with E-state index in [1.807, 2.05) is 20.8 Å². The fourth-order valence-electron chi connectivity index (χ4n) is 6.92. The fourth-order valence-corrected chi connectivity index (χ4v) is 6.92. The van der Waals surface area contributed by atoms with Crippen molar-refractivity contribution in [1.82, 2.24) is 0 Å². The van der Waals surface area contributed by atoms with Gasteiger partial charge in [0.1, 0.15) is 5.75 Å². The number of methoxy groups -OCH3 is 1. The van der Waals surface area contributed by atoms with Gasteiger partial charge < -0.3 is 19.3 Å². The highest BCUT2D eigenvalue weighted by atomic mass is 16.6. The molecule has 1 aromatic rings. The van der Waals surface area contributed by atoms with E-state index in [0.717, 1.165) is 12.8 Å². The van der Waals surface area contributed by atoms with Crippen LogP contribution in [0.4, 0.5) is 0 Å². The van der Waals surface area contributed by atoms with Crippen LogP contribution in [-0.4, -0.2) is 47.9 Å². The fraction of sp³-hybridized carbons (Fsp3) is 0.533. The van der Waals surface area contributed by atoms with Crippen LogP contribution in [0.3, 0.4) is 0 Å². The molecule has 0 spiro atoms. The Morgan fingerprint density at radius 1 is 1.03 bits per heavy atom. The standard InChI is InChI=1S/C30H36O8/c1-15(2)19-22(32)20-21(23(33)25(19)38-28(35)17-9-11-18(36-7)12-10-17)30(6)14-8-13-29(4,5)27(30)24(34)26(20)37-16(3)31/h9-12,15,24,26-27,34H,8,13-14H2,1-7H3/t24-,26-,27+,30-/m1/s1. The SMILES string of the molecule is COc1ccc(C(=O)OC2=C(C(C)C)C(=O)C3=C(C2=O)[C@@]2(C)CCCC(C)(C)[C@@H]2[C@H](O)[C@@H]3OC(C)=O)cc1. The summed E-state index contributed by atoms with van der Waals surface area (Å²) in [7, 11) is 1.51. The van der Waals surface area contributed by atoms with Crippen LogP contribution in [0.2, 0.25) is 0 Å². The van der Waals surface area contributed by atoms with Gasteiger partial charge in [0.15, 0.2) is 17.6 Å². The Hall–Kier alpha value is -3.26. The number of esters is 2. The number of benzene rings is 1. The number of carbonyl (C=O) groups excluding carboxylic acids is 4. The van der Waals surface area contributed by atoms with Gasteiger partial charge in [0, 0.05) is 29.4 Å². The van der Waals surface area contributed by atoms with Crippen LogP contribution >= 0.6 is 0 Å². The molecule has 0 radical (unpaired) electrons. The molecule has 0 saturated heterocycles. The monoisotopic (exact) mass is 524 g/mol. The maximum absolute atomic E-state index is 14.3. The van der Waals surface area contributed by atoms with Crippen molar-refractivity contribution in [2.45, 2.75) is 73.0 Å². The number of Topliss-reactive ketones (excluding diaryl/α,β-unsaturated/α-hetero) is 2. The Morgan fingerprint density at radius 2 is 1.66 bits per heavy atom. The molecule has 0 amide bonds. The summed E-state index contributed by atoms with van der Waals surface area (Å²) in [4.78, 5) is 53.6. The van der Waals surface area contributed by atoms with Gasteiger partial charge in [0.05, 0.1) is 24.4 Å². The first-order valence-electron chi connectivity index (χ1n) is 13.0. The molecule has 4 atom stereocenters. The van der Waals surface area contributed by atoms with E-state index in [4.69, 9.17) is 14.2 Å².